The fourth-order valence-electron chi connectivity index (χ4n) is 1.52. The summed E-state index contributed by atoms with van der Waals surface area (Å²) in [7, 11) is 0. The third kappa shape index (κ3) is 7.61. The summed E-state index contributed by atoms with van der Waals surface area (Å²) in [5.74, 6) is -2.68. The van der Waals surface area contributed by atoms with Crippen LogP contribution in [0.25, 0.3) is 0 Å². The zero-order valence-electron chi connectivity index (χ0n) is 10.7. The fourth-order valence-corrected chi connectivity index (χ4v) is 1.52. The molecule has 0 aliphatic carbocycles. The van der Waals surface area contributed by atoms with E-state index in [1.54, 1.807) is 0 Å². The lowest BCUT2D eigenvalue weighted by molar-refractivity contribution is -0.142. The Balaban J connectivity index is 4.33. The van der Waals surface area contributed by atoms with Crippen LogP contribution in [-0.4, -0.2) is 58.6 Å². The summed E-state index contributed by atoms with van der Waals surface area (Å²) < 4.78 is 0. The van der Waals surface area contributed by atoms with Crippen LogP contribution >= 0.6 is 0 Å². The van der Waals surface area contributed by atoms with Gasteiger partial charge in [0.1, 0.15) is 0 Å². The molecule has 0 aromatic heterocycles. The van der Waals surface area contributed by atoms with Crippen molar-refractivity contribution in [2.75, 3.05) is 19.6 Å². The van der Waals surface area contributed by atoms with Crippen LogP contribution in [0.1, 0.15) is 26.7 Å². The lowest BCUT2D eigenvalue weighted by Gasteiger charge is -2.20. The van der Waals surface area contributed by atoms with Crippen molar-refractivity contribution in [3.8, 4) is 0 Å². The molecular formula is C11H20N2O5. The molecule has 0 radical (unpaired) electrons. The van der Waals surface area contributed by atoms with Gasteiger partial charge in [-0.2, -0.15) is 0 Å². The number of nitrogens with one attached hydrogen (secondary N) is 1. The highest BCUT2D eigenvalue weighted by Gasteiger charge is 2.18. The molecule has 0 saturated heterocycles. The van der Waals surface area contributed by atoms with Crippen molar-refractivity contribution in [1.29, 1.82) is 0 Å². The number of aliphatic carboxylic acids is 2. The minimum Gasteiger partial charge on any atom is -0.480 e. The van der Waals surface area contributed by atoms with Gasteiger partial charge in [-0.05, 0) is 12.8 Å². The van der Waals surface area contributed by atoms with Crippen LogP contribution in [0.2, 0.25) is 0 Å². The molecule has 0 heterocycles. The van der Waals surface area contributed by atoms with E-state index in [1.807, 2.05) is 13.8 Å². The maximum Gasteiger partial charge on any atom is 0.317 e. The van der Waals surface area contributed by atoms with Crippen LogP contribution in [-0.2, 0) is 14.4 Å². The number of rotatable bonds is 9. The minimum absolute atomic E-state index is 0.0361. The predicted molar refractivity (Wildman–Crippen MR) is 64.2 cm³/mol. The Morgan fingerprint density at radius 3 is 1.78 bits per heavy atom. The second-order valence-electron chi connectivity index (χ2n) is 4.01. The second-order valence-corrected chi connectivity index (χ2v) is 4.01. The molecule has 1 amide bonds. The highest BCUT2D eigenvalue weighted by atomic mass is 16.4. The van der Waals surface area contributed by atoms with E-state index in [-0.39, 0.29) is 18.5 Å². The topological polar surface area (TPSA) is 107 Å². The van der Waals surface area contributed by atoms with Crippen LogP contribution in [0.15, 0.2) is 0 Å². The molecule has 0 aliphatic heterocycles. The first kappa shape index (κ1) is 16.4. The number of carbonyl (C=O) groups is 3. The van der Waals surface area contributed by atoms with E-state index in [0.29, 0.717) is 0 Å². The van der Waals surface area contributed by atoms with Gasteiger partial charge in [0.15, 0.2) is 0 Å². The van der Waals surface area contributed by atoms with Gasteiger partial charge in [0.2, 0.25) is 5.91 Å². The number of carboxylic acid groups (broad SMARTS) is 2. The quantitative estimate of drug-likeness (QED) is 0.528. The molecule has 0 fully saturated rings. The summed E-state index contributed by atoms with van der Waals surface area (Å²) in [6.45, 7) is 2.70. The average Bonchev–Trinajstić information content (AvgIpc) is 2.23. The molecule has 0 bridgehead atoms. The second kappa shape index (κ2) is 8.46. The highest BCUT2D eigenvalue weighted by molar-refractivity contribution is 5.80. The Hall–Kier alpha value is -1.63. The van der Waals surface area contributed by atoms with Crippen LogP contribution in [0.4, 0.5) is 0 Å². The monoisotopic (exact) mass is 260 g/mol. The molecule has 7 heteroatoms. The van der Waals surface area contributed by atoms with Crippen molar-refractivity contribution in [2.45, 2.75) is 32.7 Å². The third-order valence-electron chi connectivity index (χ3n) is 2.44. The zero-order chi connectivity index (χ0) is 14.1. The van der Waals surface area contributed by atoms with Crippen LogP contribution in [0.5, 0.6) is 0 Å². The van der Waals surface area contributed by atoms with Gasteiger partial charge in [-0.1, -0.05) is 13.8 Å². The summed E-state index contributed by atoms with van der Waals surface area (Å²) in [6, 6.07) is 0.0361. The van der Waals surface area contributed by atoms with Gasteiger partial charge in [-0.15, -0.1) is 0 Å². The first-order chi connectivity index (χ1) is 8.38. The van der Waals surface area contributed by atoms with Crippen molar-refractivity contribution < 1.29 is 24.6 Å². The largest absolute Gasteiger partial charge is 0.480 e. The summed E-state index contributed by atoms with van der Waals surface area (Å²) in [4.78, 5) is 33.8. The Bertz CT molecular complexity index is 286. The number of carbonyl (C=O) groups excluding carboxylic acids is 1. The number of hydrogen-bond acceptors (Lipinski definition) is 4. The predicted octanol–water partition coefficient (Wildman–Crippen LogP) is -0.238. The minimum atomic E-state index is -1.16. The van der Waals surface area contributed by atoms with E-state index in [2.05, 4.69) is 5.32 Å². The smallest absolute Gasteiger partial charge is 0.317 e. The molecule has 18 heavy (non-hydrogen) atoms. The van der Waals surface area contributed by atoms with E-state index in [0.717, 1.165) is 17.7 Å². The standard InChI is InChI=1S/C11H20N2O5/c1-3-8(4-2)12-9(14)5-13(6-10(15)16)7-11(17)18/h8H,3-7H2,1-2H3,(H,12,14)(H,15,16)(H,17,18). The molecule has 0 unspecified atom stereocenters. The lowest BCUT2D eigenvalue weighted by atomic mass is 10.2. The first-order valence-electron chi connectivity index (χ1n) is 5.84. The van der Waals surface area contributed by atoms with Gasteiger partial charge < -0.3 is 15.5 Å². The first-order valence-corrected chi connectivity index (χ1v) is 5.84. The van der Waals surface area contributed by atoms with E-state index in [4.69, 9.17) is 10.2 Å². The SMILES string of the molecule is CCC(CC)NC(=O)CN(CC(=O)O)CC(=O)O. The Morgan fingerprint density at radius 1 is 1.00 bits per heavy atom. The maximum absolute atomic E-state index is 11.6. The lowest BCUT2D eigenvalue weighted by Crippen LogP contribution is -2.44. The highest BCUT2D eigenvalue weighted by Crippen LogP contribution is 1.96. The van der Waals surface area contributed by atoms with Crippen molar-refractivity contribution in [1.82, 2.24) is 10.2 Å². The molecule has 0 aliphatic rings. The van der Waals surface area contributed by atoms with Crippen LogP contribution < -0.4 is 5.32 Å². The molecule has 7 nitrogen and oxygen atoms in total. The van der Waals surface area contributed by atoms with Gasteiger partial charge in [-0.25, -0.2) is 0 Å². The van der Waals surface area contributed by atoms with E-state index >= 15 is 0 Å². The van der Waals surface area contributed by atoms with Gasteiger partial charge in [0, 0.05) is 6.04 Å². The number of hydrogen-bond donors (Lipinski definition) is 3. The van der Waals surface area contributed by atoms with Crippen LogP contribution in [0, 0.1) is 0 Å². The average molecular weight is 260 g/mol. The Morgan fingerprint density at radius 2 is 1.44 bits per heavy atom. The maximum atomic E-state index is 11.6. The number of amides is 1. The summed E-state index contributed by atoms with van der Waals surface area (Å²) in [5.41, 5.74) is 0. The Labute approximate surface area is 106 Å². The van der Waals surface area contributed by atoms with Crippen LogP contribution in [0.3, 0.4) is 0 Å². The Kier molecular flexibility index (Phi) is 7.69. The van der Waals surface area contributed by atoms with Crippen molar-refractivity contribution in [2.24, 2.45) is 0 Å². The van der Waals surface area contributed by atoms with Crippen molar-refractivity contribution >= 4 is 17.8 Å². The van der Waals surface area contributed by atoms with Gasteiger partial charge >= 0.3 is 11.9 Å². The summed E-state index contributed by atoms with van der Waals surface area (Å²) in [5, 5.41) is 20.0. The molecule has 0 rings (SSSR count). The molecule has 0 aromatic rings. The van der Waals surface area contributed by atoms with Crippen molar-refractivity contribution in [3.05, 3.63) is 0 Å². The van der Waals surface area contributed by atoms with E-state index in [9.17, 15) is 14.4 Å². The van der Waals surface area contributed by atoms with Gasteiger partial charge in [-0.3, -0.25) is 19.3 Å². The molecule has 0 spiro atoms. The van der Waals surface area contributed by atoms with E-state index in [1.165, 1.54) is 0 Å². The zero-order valence-corrected chi connectivity index (χ0v) is 10.7. The molecular weight excluding hydrogens is 240 g/mol. The fraction of sp³-hybridized carbons (Fsp3) is 0.727. The van der Waals surface area contributed by atoms with Crippen molar-refractivity contribution in [3.63, 3.8) is 0 Å². The number of nitrogens with zero attached hydrogens (tertiary/aromatic N) is 1. The van der Waals surface area contributed by atoms with Gasteiger partial charge in [0.25, 0.3) is 0 Å². The molecule has 0 atom stereocenters. The molecule has 0 aromatic carbocycles. The van der Waals surface area contributed by atoms with Gasteiger partial charge in [0.05, 0.1) is 19.6 Å². The summed E-state index contributed by atoms with van der Waals surface area (Å²) >= 11 is 0. The molecule has 3 N–H and O–H groups in total. The third-order valence-corrected chi connectivity index (χ3v) is 2.44. The normalized spacial score (nSPS) is 10.7. The van der Waals surface area contributed by atoms with E-state index < -0.39 is 25.0 Å². The molecule has 104 valence electrons. The summed E-state index contributed by atoms with van der Waals surface area (Å²) in [6.07, 6.45) is 1.56. The number of carboxylic acids is 2. The molecule has 0 saturated carbocycles.